The number of rotatable bonds is 9. The lowest BCUT2D eigenvalue weighted by Gasteiger charge is -2.28. The van der Waals surface area contributed by atoms with E-state index >= 15 is 0 Å². The first-order valence-corrected chi connectivity index (χ1v) is 21.7. The van der Waals surface area contributed by atoms with Crippen molar-refractivity contribution in [2.24, 2.45) is 0 Å². The van der Waals surface area contributed by atoms with E-state index in [4.69, 9.17) is 0 Å². The normalized spacial score (nSPS) is 11.2. The van der Waals surface area contributed by atoms with E-state index in [-0.39, 0.29) is 5.43 Å². The van der Waals surface area contributed by atoms with E-state index in [0.717, 1.165) is 67.2 Å². The van der Waals surface area contributed by atoms with Gasteiger partial charge in [-0.1, -0.05) is 182 Å². The number of para-hydroxylation sites is 2. The highest BCUT2D eigenvalue weighted by molar-refractivity contribution is 5.96. The van der Waals surface area contributed by atoms with Gasteiger partial charge in [-0.25, -0.2) is 0 Å². The number of hydrogen-bond donors (Lipinski definition) is 0. The fraction of sp³-hybridized carbons (Fsp3) is 0. The quantitative estimate of drug-likeness (QED) is 0.136. The maximum Gasteiger partial charge on any atom is 0.197 e. The summed E-state index contributed by atoms with van der Waals surface area (Å²) >= 11 is 0. The molecule has 11 rings (SSSR count). The summed E-state index contributed by atoms with van der Waals surface area (Å²) in [5.41, 5.74) is 17.5. The zero-order valence-corrected chi connectivity index (χ0v) is 35.1. The van der Waals surface area contributed by atoms with E-state index in [1.807, 2.05) is 48.5 Å². The molecule has 0 amide bonds. The van der Waals surface area contributed by atoms with Gasteiger partial charge in [-0.3, -0.25) is 4.79 Å². The number of nitrogens with zero attached hydrogens (tertiary/aromatic N) is 2. The minimum absolute atomic E-state index is 0.0509. The molecule has 0 bridgehead atoms. The molecule has 0 atom stereocenters. The Morgan fingerprint density at radius 3 is 1.14 bits per heavy atom. The number of pyridine rings is 1. The molecule has 0 aliphatic carbocycles. The maximum absolute atomic E-state index is 13.6. The zero-order valence-electron chi connectivity index (χ0n) is 35.1. The lowest BCUT2D eigenvalue weighted by Crippen LogP contribution is -2.11. The summed E-state index contributed by atoms with van der Waals surface area (Å²) in [4.78, 5) is 16.0. The second-order valence-corrected chi connectivity index (χ2v) is 16.1. The Morgan fingerprint density at radius 2 is 0.672 bits per heavy atom. The monoisotopic (exact) mass is 818 g/mol. The molecule has 0 fully saturated rings. The lowest BCUT2D eigenvalue weighted by atomic mass is 9.92. The smallest absolute Gasteiger partial charge is 0.197 e. The number of benzene rings is 10. The van der Waals surface area contributed by atoms with Gasteiger partial charge in [0.1, 0.15) is 0 Å². The summed E-state index contributed by atoms with van der Waals surface area (Å²) < 4.78 is 2.21. The van der Waals surface area contributed by atoms with Gasteiger partial charge in [-0.15, -0.1) is 0 Å². The van der Waals surface area contributed by atoms with E-state index < -0.39 is 0 Å². The van der Waals surface area contributed by atoms with Gasteiger partial charge in [0.2, 0.25) is 0 Å². The van der Waals surface area contributed by atoms with Crippen LogP contribution < -0.4 is 10.3 Å². The summed E-state index contributed by atoms with van der Waals surface area (Å²) in [5.74, 6) is 0. The van der Waals surface area contributed by atoms with Crippen LogP contribution in [0.4, 0.5) is 17.1 Å². The molecular formula is C61H42N2O. The van der Waals surface area contributed by atoms with E-state index in [9.17, 15) is 4.79 Å². The molecule has 10 aromatic carbocycles. The van der Waals surface area contributed by atoms with E-state index in [2.05, 4.69) is 216 Å². The summed E-state index contributed by atoms with van der Waals surface area (Å²) in [6.07, 6.45) is 0. The highest BCUT2D eigenvalue weighted by atomic mass is 16.1. The van der Waals surface area contributed by atoms with Crippen LogP contribution in [0.2, 0.25) is 0 Å². The topological polar surface area (TPSA) is 25.2 Å². The third-order valence-corrected chi connectivity index (χ3v) is 12.2. The molecule has 0 radical (unpaired) electrons. The van der Waals surface area contributed by atoms with Crippen molar-refractivity contribution in [3.63, 3.8) is 0 Å². The van der Waals surface area contributed by atoms with Gasteiger partial charge in [-0.05, 0) is 128 Å². The van der Waals surface area contributed by atoms with Crippen LogP contribution in [0.1, 0.15) is 0 Å². The summed E-state index contributed by atoms with van der Waals surface area (Å²) in [6, 6.07) is 89.6. The molecule has 3 heteroatoms. The van der Waals surface area contributed by atoms with Gasteiger partial charge in [0.25, 0.3) is 0 Å². The van der Waals surface area contributed by atoms with Gasteiger partial charge in [0.05, 0.1) is 11.0 Å². The van der Waals surface area contributed by atoms with Crippen molar-refractivity contribution in [3.8, 4) is 61.3 Å². The van der Waals surface area contributed by atoms with E-state index in [0.29, 0.717) is 10.8 Å². The molecule has 0 aliphatic rings. The second kappa shape index (κ2) is 16.7. The Hall–Kier alpha value is -8.53. The molecule has 1 heterocycles. The molecule has 11 aromatic rings. The third-order valence-electron chi connectivity index (χ3n) is 12.2. The Bertz CT molecular complexity index is 3300. The summed E-state index contributed by atoms with van der Waals surface area (Å²) in [6.45, 7) is 0. The fourth-order valence-electron chi connectivity index (χ4n) is 9.14. The summed E-state index contributed by atoms with van der Waals surface area (Å²) in [5, 5.41) is 1.41. The van der Waals surface area contributed by atoms with Crippen molar-refractivity contribution >= 4 is 38.9 Å². The third kappa shape index (κ3) is 7.15. The van der Waals surface area contributed by atoms with Crippen molar-refractivity contribution in [1.82, 2.24) is 4.57 Å². The maximum atomic E-state index is 13.6. The van der Waals surface area contributed by atoms with Gasteiger partial charge >= 0.3 is 0 Å². The van der Waals surface area contributed by atoms with Crippen LogP contribution >= 0.6 is 0 Å². The molecule has 1 aromatic heterocycles. The first-order valence-electron chi connectivity index (χ1n) is 21.7. The Balaban J connectivity index is 1.07. The predicted molar refractivity (Wildman–Crippen MR) is 269 cm³/mol. The largest absolute Gasteiger partial charge is 0.310 e. The SMILES string of the molecule is O=c1c2ccccc2n(-c2cccc(-c3ccc(N(c4ccc(-c5ccccc5)c(-c5ccccc5)c4)c4ccc(-c5ccccc5)c(-c5ccccc5)c4)cc3)c2)c2ccccc12. The van der Waals surface area contributed by atoms with Crippen molar-refractivity contribution in [3.05, 3.63) is 265 Å². The van der Waals surface area contributed by atoms with Gasteiger partial charge in [-0.2, -0.15) is 0 Å². The van der Waals surface area contributed by atoms with Crippen LogP contribution in [0.5, 0.6) is 0 Å². The molecule has 3 nitrogen and oxygen atoms in total. The fourth-order valence-corrected chi connectivity index (χ4v) is 9.14. The van der Waals surface area contributed by atoms with Crippen LogP contribution in [0, 0.1) is 0 Å². The minimum atomic E-state index is 0.0509. The number of fused-ring (bicyclic) bond motifs is 2. The van der Waals surface area contributed by atoms with E-state index in [1.54, 1.807) is 0 Å². The van der Waals surface area contributed by atoms with Crippen molar-refractivity contribution in [1.29, 1.82) is 0 Å². The van der Waals surface area contributed by atoms with Crippen LogP contribution in [0.25, 0.3) is 83.1 Å². The van der Waals surface area contributed by atoms with Crippen LogP contribution in [0.3, 0.4) is 0 Å². The number of anilines is 3. The predicted octanol–water partition coefficient (Wildman–Crippen LogP) is 15.9. The summed E-state index contributed by atoms with van der Waals surface area (Å²) in [7, 11) is 0. The highest BCUT2D eigenvalue weighted by Gasteiger charge is 2.20. The number of aromatic nitrogens is 1. The Kier molecular flexibility index (Phi) is 10.0. The zero-order chi connectivity index (χ0) is 42.8. The molecule has 0 unspecified atom stereocenters. The first kappa shape index (κ1) is 38.4. The minimum Gasteiger partial charge on any atom is -0.310 e. The average molecular weight is 819 g/mol. The Morgan fingerprint density at radius 1 is 0.281 bits per heavy atom. The van der Waals surface area contributed by atoms with Crippen LogP contribution in [-0.2, 0) is 0 Å². The van der Waals surface area contributed by atoms with Crippen molar-refractivity contribution in [2.75, 3.05) is 4.90 Å². The molecule has 0 saturated carbocycles. The molecule has 0 saturated heterocycles. The van der Waals surface area contributed by atoms with Gasteiger partial charge < -0.3 is 9.47 Å². The molecule has 0 aliphatic heterocycles. The molecule has 0 spiro atoms. The first-order chi connectivity index (χ1) is 31.7. The van der Waals surface area contributed by atoms with Crippen molar-refractivity contribution < 1.29 is 0 Å². The number of hydrogen-bond acceptors (Lipinski definition) is 2. The van der Waals surface area contributed by atoms with Crippen LogP contribution in [-0.4, -0.2) is 4.57 Å². The second-order valence-electron chi connectivity index (χ2n) is 16.1. The molecule has 0 N–H and O–H groups in total. The van der Waals surface area contributed by atoms with Crippen LogP contribution in [0.15, 0.2) is 260 Å². The molecular weight excluding hydrogens is 777 g/mol. The van der Waals surface area contributed by atoms with Gasteiger partial charge in [0, 0.05) is 33.5 Å². The van der Waals surface area contributed by atoms with Gasteiger partial charge in [0.15, 0.2) is 5.43 Å². The molecule has 64 heavy (non-hydrogen) atoms. The Labute approximate surface area is 373 Å². The average Bonchev–Trinajstić information content (AvgIpc) is 3.38. The van der Waals surface area contributed by atoms with Crippen molar-refractivity contribution in [2.45, 2.75) is 0 Å². The highest BCUT2D eigenvalue weighted by Crippen LogP contribution is 2.44. The van der Waals surface area contributed by atoms with E-state index in [1.165, 1.54) is 22.3 Å². The molecule has 302 valence electrons. The standard InChI is InChI=1S/C61H42N2O/c64-61-55-28-13-15-30-59(55)63(60-31-16-14-29-56(60)61)50-27-17-26-48(40-50)43-32-34-49(35-33-43)62(51-36-38-53(44-18-5-1-6-19-44)57(41-51)46-22-9-3-10-23-46)52-37-39-54(45-20-7-2-8-21-45)58(42-52)47-24-11-4-12-25-47/h1-42H. The lowest BCUT2D eigenvalue weighted by molar-refractivity contribution is 1.16.